The van der Waals surface area contributed by atoms with Crippen LogP contribution in [-0.4, -0.2) is 23.3 Å². The molecule has 3 heterocycles. The zero-order chi connectivity index (χ0) is 17.5. The molecule has 0 atom stereocenters. The van der Waals surface area contributed by atoms with Gasteiger partial charge in [0.15, 0.2) is 16.5 Å². The molecule has 26 heavy (non-hydrogen) atoms. The summed E-state index contributed by atoms with van der Waals surface area (Å²) in [6.45, 7) is 0.261. The maximum absolute atomic E-state index is 5.47. The van der Waals surface area contributed by atoms with Crippen molar-refractivity contribution in [3.8, 4) is 28.5 Å². The van der Waals surface area contributed by atoms with Crippen molar-refractivity contribution in [1.82, 2.24) is 9.38 Å². The smallest absolute Gasteiger partial charge is 0.231 e. The summed E-state index contributed by atoms with van der Waals surface area (Å²) < 4.78 is 18.2. The number of rotatable bonds is 4. The van der Waals surface area contributed by atoms with Gasteiger partial charge >= 0.3 is 0 Å². The maximum Gasteiger partial charge on any atom is 0.231 e. The normalized spacial score (nSPS) is 12.5. The van der Waals surface area contributed by atoms with E-state index in [4.69, 9.17) is 19.2 Å². The monoisotopic (exact) mass is 365 g/mol. The summed E-state index contributed by atoms with van der Waals surface area (Å²) in [5.74, 6) is 3.23. The Bertz CT molecular complexity index is 1090. The van der Waals surface area contributed by atoms with Crippen LogP contribution in [0.2, 0.25) is 0 Å². The number of fused-ring (bicyclic) bond motifs is 2. The second-order valence-electron chi connectivity index (χ2n) is 5.79. The van der Waals surface area contributed by atoms with Gasteiger partial charge in [-0.3, -0.25) is 4.40 Å². The number of methoxy groups -OCH3 is 1. The molecular formula is C19H15N3O3S. The van der Waals surface area contributed by atoms with E-state index in [9.17, 15) is 0 Å². The number of nitrogens with one attached hydrogen (secondary N) is 1. The zero-order valence-electron chi connectivity index (χ0n) is 13.9. The van der Waals surface area contributed by atoms with Crippen molar-refractivity contribution in [2.45, 2.75) is 0 Å². The second-order valence-corrected chi connectivity index (χ2v) is 6.66. The number of benzene rings is 2. The third kappa shape index (κ3) is 2.44. The van der Waals surface area contributed by atoms with Gasteiger partial charge in [-0.05, 0) is 36.4 Å². The van der Waals surface area contributed by atoms with Crippen molar-refractivity contribution in [1.29, 1.82) is 0 Å². The number of thiazole rings is 1. The molecule has 0 fully saturated rings. The predicted molar refractivity (Wildman–Crippen MR) is 101 cm³/mol. The summed E-state index contributed by atoms with van der Waals surface area (Å²) in [4.78, 5) is 5.72. The van der Waals surface area contributed by atoms with Gasteiger partial charge in [-0.1, -0.05) is 0 Å². The summed E-state index contributed by atoms with van der Waals surface area (Å²) in [7, 11) is 1.66. The molecule has 2 aromatic carbocycles. The van der Waals surface area contributed by atoms with Crippen molar-refractivity contribution >= 4 is 27.8 Å². The molecule has 5 rings (SSSR count). The number of nitrogens with zero attached hydrogens (tertiary/aromatic N) is 2. The lowest BCUT2D eigenvalue weighted by molar-refractivity contribution is 0.174. The minimum absolute atomic E-state index is 0.261. The highest BCUT2D eigenvalue weighted by Gasteiger charge is 2.18. The molecular weight excluding hydrogens is 350 g/mol. The Morgan fingerprint density at radius 2 is 1.96 bits per heavy atom. The highest BCUT2D eigenvalue weighted by molar-refractivity contribution is 7.15. The highest BCUT2D eigenvalue weighted by atomic mass is 32.1. The first-order valence-electron chi connectivity index (χ1n) is 8.08. The third-order valence-corrected chi connectivity index (χ3v) is 5.02. The van der Waals surface area contributed by atoms with Gasteiger partial charge in [-0.25, -0.2) is 4.98 Å². The van der Waals surface area contributed by atoms with E-state index in [0.29, 0.717) is 0 Å². The van der Waals surface area contributed by atoms with Crippen LogP contribution in [-0.2, 0) is 0 Å². The van der Waals surface area contributed by atoms with Gasteiger partial charge in [-0.2, -0.15) is 0 Å². The summed E-state index contributed by atoms with van der Waals surface area (Å²) >= 11 is 1.60. The van der Waals surface area contributed by atoms with E-state index < -0.39 is 0 Å². The third-order valence-electron chi connectivity index (χ3n) is 4.26. The molecule has 1 aliphatic heterocycles. The lowest BCUT2D eigenvalue weighted by Crippen LogP contribution is -1.96. The standard InChI is InChI=1S/C19H15N3O3S/c1-23-14-5-2-12(3-6-14)17-18(22-8-9-26-19(22)21-17)20-13-4-7-15-16(10-13)25-11-24-15/h2-10,20H,11H2,1H3. The van der Waals surface area contributed by atoms with Gasteiger partial charge in [0.1, 0.15) is 17.3 Å². The van der Waals surface area contributed by atoms with Gasteiger partial charge in [-0.15, -0.1) is 11.3 Å². The van der Waals surface area contributed by atoms with E-state index >= 15 is 0 Å². The quantitative estimate of drug-likeness (QED) is 0.575. The van der Waals surface area contributed by atoms with Crippen LogP contribution in [0.15, 0.2) is 54.0 Å². The van der Waals surface area contributed by atoms with Gasteiger partial charge in [0.2, 0.25) is 6.79 Å². The Labute approximate surface area is 153 Å². The SMILES string of the molecule is COc1ccc(-c2nc3sccn3c2Nc2ccc3c(c2)OCO3)cc1. The van der Waals surface area contributed by atoms with Crippen LogP contribution >= 0.6 is 11.3 Å². The van der Waals surface area contributed by atoms with Crippen molar-refractivity contribution in [3.05, 3.63) is 54.0 Å². The zero-order valence-corrected chi connectivity index (χ0v) is 14.7. The molecule has 7 heteroatoms. The number of hydrogen-bond acceptors (Lipinski definition) is 6. The first kappa shape index (κ1) is 15.1. The van der Waals surface area contributed by atoms with E-state index in [2.05, 4.69) is 9.72 Å². The molecule has 0 aliphatic carbocycles. The Morgan fingerprint density at radius 1 is 1.12 bits per heavy atom. The van der Waals surface area contributed by atoms with Crippen LogP contribution in [0.5, 0.6) is 17.2 Å². The fourth-order valence-electron chi connectivity index (χ4n) is 2.97. The molecule has 130 valence electrons. The van der Waals surface area contributed by atoms with Crippen LogP contribution in [0.3, 0.4) is 0 Å². The molecule has 2 aromatic heterocycles. The molecule has 0 bridgehead atoms. The number of ether oxygens (including phenoxy) is 3. The molecule has 6 nitrogen and oxygen atoms in total. The Hall–Kier alpha value is -3.19. The molecule has 0 unspecified atom stereocenters. The molecule has 0 amide bonds. The minimum atomic E-state index is 0.261. The molecule has 0 spiro atoms. The highest BCUT2D eigenvalue weighted by Crippen LogP contribution is 2.37. The lowest BCUT2D eigenvalue weighted by Gasteiger charge is -2.09. The minimum Gasteiger partial charge on any atom is -0.497 e. The van der Waals surface area contributed by atoms with Gasteiger partial charge in [0, 0.05) is 28.9 Å². The molecule has 1 aliphatic rings. The van der Waals surface area contributed by atoms with Crippen molar-refractivity contribution < 1.29 is 14.2 Å². The Balaban J connectivity index is 1.58. The van der Waals surface area contributed by atoms with Crippen LogP contribution in [0.1, 0.15) is 0 Å². The number of aromatic nitrogens is 2. The van der Waals surface area contributed by atoms with E-state index in [1.54, 1.807) is 18.4 Å². The molecule has 1 N–H and O–H groups in total. The molecule has 0 radical (unpaired) electrons. The van der Waals surface area contributed by atoms with Crippen molar-refractivity contribution in [2.24, 2.45) is 0 Å². The summed E-state index contributed by atoms with van der Waals surface area (Å²) in [5.41, 5.74) is 2.82. The maximum atomic E-state index is 5.47. The number of imidazole rings is 1. The molecule has 4 aromatic rings. The van der Waals surface area contributed by atoms with Crippen LogP contribution in [0, 0.1) is 0 Å². The average molecular weight is 365 g/mol. The van der Waals surface area contributed by atoms with E-state index in [0.717, 1.165) is 45.0 Å². The first-order valence-corrected chi connectivity index (χ1v) is 8.96. The first-order chi connectivity index (χ1) is 12.8. The number of anilines is 2. The Morgan fingerprint density at radius 3 is 2.81 bits per heavy atom. The van der Waals surface area contributed by atoms with Crippen molar-refractivity contribution in [2.75, 3.05) is 19.2 Å². The summed E-state index contributed by atoms with van der Waals surface area (Å²) in [6.07, 6.45) is 2.01. The van der Waals surface area contributed by atoms with Gasteiger partial charge in [0.25, 0.3) is 0 Å². The second kappa shape index (κ2) is 5.96. The van der Waals surface area contributed by atoms with Gasteiger partial charge in [0.05, 0.1) is 7.11 Å². The van der Waals surface area contributed by atoms with Crippen LogP contribution in [0.4, 0.5) is 11.5 Å². The molecule has 0 saturated heterocycles. The summed E-state index contributed by atoms with van der Waals surface area (Å²) in [6, 6.07) is 13.7. The fourth-order valence-corrected chi connectivity index (χ4v) is 3.68. The topological polar surface area (TPSA) is 57.0 Å². The Kier molecular flexibility index (Phi) is 3.46. The van der Waals surface area contributed by atoms with Gasteiger partial charge < -0.3 is 19.5 Å². The predicted octanol–water partition coefficient (Wildman–Crippen LogP) is 4.54. The van der Waals surface area contributed by atoms with Crippen molar-refractivity contribution in [3.63, 3.8) is 0 Å². The summed E-state index contributed by atoms with van der Waals surface area (Å²) in [5, 5.41) is 5.50. The average Bonchev–Trinajstić information content (AvgIpc) is 3.38. The van der Waals surface area contributed by atoms with Crippen LogP contribution in [0.25, 0.3) is 16.2 Å². The van der Waals surface area contributed by atoms with E-state index in [-0.39, 0.29) is 6.79 Å². The van der Waals surface area contributed by atoms with E-state index in [1.807, 2.05) is 54.0 Å². The molecule has 0 saturated carbocycles. The lowest BCUT2D eigenvalue weighted by atomic mass is 10.1. The number of hydrogen-bond donors (Lipinski definition) is 1. The fraction of sp³-hybridized carbons (Fsp3) is 0.105. The largest absolute Gasteiger partial charge is 0.497 e. The van der Waals surface area contributed by atoms with Crippen LogP contribution < -0.4 is 19.5 Å². The van der Waals surface area contributed by atoms with E-state index in [1.165, 1.54) is 0 Å².